The molecule has 35 heavy (non-hydrogen) atoms. The molecule has 0 unspecified atom stereocenters. The Morgan fingerprint density at radius 2 is 0.657 bits per heavy atom. The Kier molecular flexibility index (Phi) is 6.93. The smallest absolute Gasteiger partial charge is 0.166 e. The van der Waals surface area contributed by atoms with Gasteiger partial charge in [-0.3, -0.25) is 0 Å². The van der Waals surface area contributed by atoms with E-state index in [0.717, 1.165) is 0 Å². The minimum absolute atomic E-state index is 0.0533. The summed E-state index contributed by atoms with van der Waals surface area (Å²) in [5.41, 5.74) is -6.97. The van der Waals surface area contributed by atoms with Gasteiger partial charge >= 0.3 is 24.7 Å². The summed E-state index contributed by atoms with van der Waals surface area (Å²) >= 11 is 0. The average Bonchev–Trinajstić information content (AvgIpc) is 2.72. The summed E-state index contributed by atoms with van der Waals surface area (Å²) in [5.74, 6) is 0. The lowest BCUT2D eigenvalue weighted by Crippen LogP contribution is -2.26. The van der Waals surface area contributed by atoms with Gasteiger partial charge in [-0.15, -0.1) is 0 Å². The van der Waals surface area contributed by atoms with Crippen molar-refractivity contribution in [1.82, 2.24) is 0 Å². The van der Waals surface area contributed by atoms with Crippen molar-refractivity contribution in [2.45, 2.75) is 24.7 Å². The van der Waals surface area contributed by atoms with E-state index in [9.17, 15) is 52.7 Å². The molecule has 0 radical (unpaired) electrons. The molecule has 0 aromatic heterocycles. The second-order valence-electron chi connectivity index (χ2n) is 7.20. The highest BCUT2D eigenvalue weighted by atomic mass is 31.1. The molecule has 0 heterocycles. The molecular weight excluding hydrogens is 523 g/mol. The lowest BCUT2D eigenvalue weighted by Gasteiger charge is -2.24. The van der Waals surface area contributed by atoms with Gasteiger partial charge in [0.15, 0.2) is 0 Å². The van der Waals surface area contributed by atoms with Crippen LogP contribution in [0.25, 0.3) is 0 Å². The molecule has 3 aromatic rings. The van der Waals surface area contributed by atoms with E-state index in [4.69, 9.17) is 0 Å². The largest absolute Gasteiger partial charge is 0.416 e. The van der Waals surface area contributed by atoms with Crippen molar-refractivity contribution in [3.8, 4) is 0 Å². The van der Waals surface area contributed by atoms with Gasteiger partial charge in [0, 0.05) is 0 Å². The zero-order chi connectivity index (χ0) is 26.4. The molecule has 13 heteroatoms. The van der Waals surface area contributed by atoms with E-state index in [-0.39, 0.29) is 17.4 Å². The lowest BCUT2D eigenvalue weighted by atomic mass is 10.1. The van der Waals surface area contributed by atoms with E-state index in [2.05, 4.69) is 0 Å². The predicted octanol–water partition coefficient (Wildman–Crippen LogP) is 7.52. The third kappa shape index (κ3) is 6.28. The van der Waals surface area contributed by atoms with Gasteiger partial charge in [0.05, 0.1) is 22.3 Å². The van der Waals surface area contributed by atoms with Gasteiger partial charge in [-0.2, -0.15) is 52.7 Å². The maximum Gasteiger partial charge on any atom is 0.416 e. The highest BCUT2D eigenvalue weighted by molar-refractivity contribution is 7.79. The quantitative estimate of drug-likeness (QED) is 0.241. The fourth-order valence-corrected chi connectivity index (χ4v) is 5.60. The molecule has 0 amide bonds. The topological polar surface area (TPSA) is 0 Å². The SMILES string of the molecule is FC(F)(F)c1cc(P(c2ccccc2)c2cc(C(F)(F)F)cc(C(F)(F)F)c2)cc(C(F)(F)F)c1. The molecule has 0 aliphatic heterocycles. The van der Waals surface area contributed by atoms with Gasteiger partial charge in [0.2, 0.25) is 0 Å². The normalized spacial score (nSPS) is 13.4. The fourth-order valence-electron chi connectivity index (χ4n) is 3.16. The Balaban J connectivity index is 2.40. The Labute approximate surface area is 190 Å². The van der Waals surface area contributed by atoms with Crippen LogP contribution in [-0.4, -0.2) is 0 Å². The predicted molar refractivity (Wildman–Crippen MR) is 105 cm³/mol. The lowest BCUT2D eigenvalue weighted by molar-refractivity contribution is -0.144. The summed E-state index contributed by atoms with van der Waals surface area (Å²) in [6.07, 6.45) is -21.1. The minimum atomic E-state index is -5.27. The van der Waals surface area contributed by atoms with E-state index in [1.54, 1.807) is 0 Å². The standard InChI is InChI=1S/C22H11F12P/c23-19(24,25)12-6-13(20(26,27)28)9-17(8-12)35(16-4-2-1-3-5-16)18-10-14(21(29,30)31)7-15(11-18)22(32,33)34/h1-11H. The molecule has 0 atom stereocenters. The van der Waals surface area contributed by atoms with Crippen LogP contribution in [0.5, 0.6) is 0 Å². The summed E-state index contributed by atoms with van der Waals surface area (Å²) < 4.78 is 161. The molecule has 0 N–H and O–H groups in total. The summed E-state index contributed by atoms with van der Waals surface area (Å²) in [7, 11) is -2.70. The van der Waals surface area contributed by atoms with Crippen LogP contribution < -0.4 is 15.9 Å². The highest BCUT2D eigenvalue weighted by Crippen LogP contribution is 2.42. The molecule has 0 spiro atoms. The van der Waals surface area contributed by atoms with Crippen molar-refractivity contribution < 1.29 is 52.7 Å². The van der Waals surface area contributed by atoms with Crippen LogP contribution in [0.15, 0.2) is 66.7 Å². The maximum atomic E-state index is 13.4. The second-order valence-corrected chi connectivity index (χ2v) is 9.42. The molecule has 0 aliphatic rings. The molecule has 0 fully saturated rings. The van der Waals surface area contributed by atoms with E-state index >= 15 is 0 Å². The number of halogens is 12. The Bertz CT molecular complexity index is 1050. The molecule has 188 valence electrons. The molecule has 0 saturated carbocycles. The van der Waals surface area contributed by atoms with Crippen molar-refractivity contribution in [2.24, 2.45) is 0 Å². The zero-order valence-electron chi connectivity index (χ0n) is 16.8. The van der Waals surface area contributed by atoms with Gasteiger partial charge in [0.25, 0.3) is 0 Å². The van der Waals surface area contributed by atoms with E-state index in [1.807, 2.05) is 0 Å². The number of rotatable bonds is 3. The number of alkyl halides is 12. The van der Waals surface area contributed by atoms with Gasteiger partial charge < -0.3 is 0 Å². The third-order valence-electron chi connectivity index (χ3n) is 4.68. The van der Waals surface area contributed by atoms with Crippen LogP contribution in [0.3, 0.4) is 0 Å². The monoisotopic (exact) mass is 534 g/mol. The Morgan fingerprint density at radius 3 is 0.914 bits per heavy atom. The van der Waals surface area contributed by atoms with Crippen LogP contribution >= 0.6 is 7.92 Å². The van der Waals surface area contributed by atoms with Gasteiger partial charge in [-0.25, -0.2) is 0 Å². The van der Waals surface area contributed by atoms with E-state index in [1.165, 1.54) is 30.3 Å². The van der Waals surface area contributed by atoms with Crippen molar-refractivity contribution in [1.29, 1.82) is 0 Å². The molecule has 0 nitrogen and oxygen atoms in total. The molecule has 0 bridgehead atoms. The van der Waals surface area contributed by atoms with Gasteiger partial charge in [-0.1, -0.05) is 30.3 Å². The van der Waals surface area contributed by atoms with Crippen molar-refractivity contribution in [3.05, 3.63) is 89.0 Å². The number of hydrogen-bond acceptors (Lipinski definition) is 0. The van der Waals surface area contributed by atoms with E-state index in [0.29, 0.717) is 24.3 Å². The van der Waals surface area contributed by atoms with Crippen LogP contribution in [-0.2, 0) is 24.7 Å². The van der Waals surface area contributed by atoms with Crippen molar-refractivity contribution >= 4 is 23.8 Å². The average molecular weight is 534 g/mol. The fraction of sp³-hybridized carbons (Fsp3) is 0.182. The number of hydrogen-bond donors (Lipinski definition) is 0. The van der Waals surface area contributed by atoms with Crippen molar-refractivity contribution in [2.75, 3.05) is 0 Å². The summed E-state index contributed by atoms with van der Waals surface area (Å²) in [6, 6.07) is 7.32. The first-order valence-corrected chi connectivity index (χ1v) is 10.7. The highest BCUT2D eigenvalue weighted by Gasteiger charge is 2.40. The van der Waals surface area contributed by atoms with Crippen LogP contribution in [0.1, 0.15) is 22.3 Å². The zero-order valence-corrected chi connectivity index (χ0v) is 17.7. The van der Waals surface area contributed by atoms with Crippen LogP contribution in [0.2, 0.25) is 0 Å². The van der Waals surface area contributed by atoms with Gasteiger partial charge in [-0.05, 0) is 60.2 Å². The molecule has 0 aliphatic carbocycles. The first-order valence-electron chi connectivity index (χ1n) is 9.31. The molecule has 3 aromatic carbocycles. The van der Waals surface area contributed by atoms with Crippen LogP contribution in [0, 0.1) is 0 Å². The van der Waals surface area contributed by atoms with Crippen LogP contribution in [0.4, 0.5) is 52.7 Å². The first kappa shape index (κ1) is 26.8. The number of benzene rings is 3. The Morgan fingerprint density at radius 1 is 0.371 bits per heavy atom. The maximum absolute atomic E-state index is 13.4. The molecular formula is C22H11F12P. The van der Waals surface area contributed by atoms with Gasteiger partial charge in [0.1, 0.15) is 0 Å². The molecule has 0 saturated heterocycles. The third-order valence-corrected chi connectivity index (χ3v) is 7.04. The molecule has 3 rings (SSSR count). The summed E-state index contributed by atoms with van der Waals surface area (Å²) in [5, 5.41) is -1.50. The van der Waals surface area contributed by atoms with E-state index < -0.39 is 65.5 Å². The Hall–Kier alpha value is -2.75. The minimum Gasteiger partial charge on any atom is -0.166 e. The summed E-state index contributed by atoms with van der Waals surface area (Å²) in [4.78, 5) is 0. The first-order chi connectivity index (χ1) is 15.9. The second kappa shape index (κ2) is 9.04. The summed E-state index contributed by atoms with van der Waals surface area (Å²) in [6.45, 7) is 0. The van der Waals surface area contributed by atoms with Crippen molar-refractivity contribution in [3.63, 3.8) is 0 Å².